The van der Waals surface area contributed by atoms with Crippen LogP contribution in [0.1, 0.15) is 52.4 Å². The van der Waals surface area contributed by atoms with Gasteiger partial charge in [-0.2, -0.15) is 0 Å². The molecular formula is C17H22Br2N2O2S. The fraction of sp³-hybridized carbons (Fsp3) is 0.471. The Morgan fingerprint density at radius 1 is 1.25 bits per heavy atom. The highest BCUT2D eigenvalue weighted by Gasteiger charge is 2.37. The molecule has 1 aliphatic carbocycles. The highest BCUT2D eigenvalue weighted by molar-refractivity contribution is 8.93. The largest absolute Gasteiger partial charge is 0.504 e. The third-order valence-electron chi connectivity index (χ3n) is 4.75. The van der Waals surface area contributed by atoms with Crippen LogP contribution < -0.4 is 5.32 Å². The Bertz CT molecular complexity index is 736. The fourth-order valence-corrected chi connectivity index (χ4v) is 5.08. The lowest BCUT2D eigenvalue weighted by Gasteiger charge is -2.37. The Kier molecular flexibility index (Phi) is 6.34. The molecule has 0 unspecified atom stereocenters. The van der Waals surface area contributed by atoms with E-state index in [2.05, 4.69) is 12.2 Å². The summed E-state index contributed by atoms with van der Waals surface area (Å²) in [6.07, 6.45) is 4.14. The monoisotopic (exact) mass is 476 g/mol. The molecule has 2 atom stereocenters. The van der Waals surface area contributed by atoms with Crippen LogP contribution in [0.25, 0.3) is 0 Å². The molecule has 0 radical (unpaired) electrons. The van der Waals surface area contributed by atoms with Gasteiger partial charge in [-0.3, -0.25) is 0 Å². The molecule has 0 bridgehead atoms. The summed E-state index contributed by atoms with van der Waals surface area (Å²) in [6.45, 7) is 3.02. The Morgan fingerprint density at radius 2 is 2.00 bits per heavy atom. The summed E-state index contributed by atoms with van der Waals surface area (Å²) < 4.78 is 0. The Hall–Kier alpha value is -0.630. The molecule has 0 saturated heterocycles. The second-order valence-electron chi connectivity index (χ2n) is 6.21. The number of thiazole rings is 1. The van der Waals surface area contributed by atoms with Crippen LogP contribution >= 0.6 is 45.3 Å². The molecule has 3 N–H and O–H groups in total. The first kappa shape index (κ1) is 19.7. The van der Waals surface area contributed by atoms with Crippen molar-refractivity contribution < 1.29 is 10.2 Å². The first-order chi connectivity index (χ1) is 10.7. The topological polar surface area (TPSA) is 65.4 Å². The number of phenols is 2. The molecule has 24 heavy (non-hydrogen) atoms. The number of hydrogen-bond acceptors (Lipinski definition) is 5. The maximum Gasteiger partial charge on any atom is 0.157 e. The fourth-order valence-electron chi connectivity index (χ4n) is 3.71. The van der Waals surface area contributed by atoms with E-state index in [9.17, 15) is 10.2 Å². The Morgan fingerprint density at radius 3 is 2.75 bits per heavy atom. The lowest BCUT2D eigenvalue weighted by Crippen LogP contribution is -2.42. The maximum absolute atomic E-state index is 9.92. The van der Waals surface area contributed by atoms with E-state index < -0.39 is 0 Å². The molecule has 0 fully saturated rings. The molecule has 0 spiro atoms. The van der Waals surface area contributed by atoms with Gasteiger partial charge in [0.2, 0.25) is 0 Å². The zero-order chi connectivity index (χ0) is 15.3. The van der Waals surface area contributed by atoms with Gasteiger partial charge in [0.25, 0.3) is 0 Å². The van der Waals surface area contributed by atoms with E-state index in [0.717, 1.165) is 49.0 Å². The quantitative estimate of drug-likeness (QED) is 0.566. The SMILES string of the molecule is Br.Br.CCCc1nc2c(s1)[C@H]1c3cc(O)c(O)cc3CC[C@@H]1NC2. The molecule has 2 aliphatic rings. The standard InChI is InChI=1S/C17H20N2O2S.2BrH/c1-2-3-15-19-12-8-18-11-5-4-9-6-13(20)14(21)7-10(9)16(11)17(12)22-15;;/h6-7,11,16,18,20-21H,2-5,8H2,1H3;2*1H/t11-,16-;;/m0../s1. The normalized spacial score (nSPS) is 20.9. The molecule has 2 heterocycles. The van der Waals surface area contributed by atoms with Gasteiger partial charge >= 0.3 is 0 Å². The van der Waals surface area contributed by atoms with E-state index >= 15 is 0 Å². The zero-order valence-electron chi connectivity index (χ0n) is 13.4. The average molecular weight is 478 g/mol. The number of rotatable bonds is 2. The van der Waals surface area contributed by atoms with Gasteiger partial charge in [-0.25, -0.2) is 4.98 Å². The van der Waals surface area contributed by atoms with E-state index in [0.29, 0.717) is 6.04 Å². The van der Waals surface area contributed by atoms with E-state index in [-0.39, 0.29) is 51.4 Å². The predicted octanol–water partition coefficient (Wildman–Crippen LogP) is 4.21. The van der Waals surface area contributed by atoms with Crippen molar-refractivity contribution in [2.24, 2.45) is 0 Å². The third kappa shape index (κ3) is 3.23. The van der Waals surface area contributed by atoms with Crippen molar-refractivity contribution in [2.45, 2.75) is 51.1 Å². The molecule has 132 valence electrons. The van der Waals surface area contributed by atoms with Gasteiger partial charge in [0.15, 0.2) is 11.5 Å². The molecule has 1 aliphatic heterocycles. The summed E-state index contributed by atoms with van der Waals surface area (Å²) in [7, 11) is 0. The number of phenolic OH excluding ortho intramolecular Hbond substituents is 2. The Balaban J connectivity index is 0.00000104. The molecule has 4 nitrogen and oxygen atoms in total. The number of nitrogens with one attached hydrogen (secondary N) is 1. The minimum absolute atomic E-state index is 0. The summed E-state index contributed by atoms with van der Waals surface area (Å²) in [5.41, 5.74) is 3.46. The van der Waals surface area contributed by atoms with Crippen LogP contribution in [0.15, 0.2) is 12.1 Å². The van der Waals surface area contributed by atoms with Crippen molar-refractivity contribution in [3.8, 4) is 11.5 Å². The van der Waals surface area contributed by atoms with E-state index in [1.165, 1.54) is 9.88 Å². The van der Waals surface area contributed by atoms with Crippen LogP contribution in [0.2, 0.25) is 0 Å². The van der Waals surface area contributed by atoms with Gasteiger partial charge in [-0.15, -0.1) is 45.3 Å². The number of halogens is 2. The maximum atomic E-state index is 9.92. The lowest BCUT2D eigenvalue weighted by molar-refractivity contribution is 0.381. The van der Waals surface area contributed by atoms with Crippen molar-refractivity contribution in [2.75, 3.05) is 0 Å². The van der Waals surface area contributed by atoms with Crippen molar-refractivity contribution >= 4 is 45.3 Å². The summed E-state index contributed by atoms with van der Waals surface area (Å²) in [5.74, 6) is 0.212. The number of hydrogen-bond donors (Lipinski definition) is 3. The summed E-state index contributed by atoms with van der Waals surface area (Å²) >= 11 is 1.82. The van der Waals surface area contributed by atoms with Gasteiger partial charge in [-0.1, -0.05) is 6.92 Å². The van der Waals surface area contributed by atoms with E-state index in [4.69, 9.17) is 4.98 Å². The van der Waals surface area contributed by atoms with Crippen molar-refractivity contribution in [1.82, 2.24) is 10.3 Å². The average Bonchev–Trinajstić information content (AvgIpc) is 2.91. The summed E-state index contributed by atoms with van der Waals surface area (Å²) in [4.78, 5) is 6.13. The number of fused-ring (bicyclic) bond motifs is 5. The van der Waals surface area contributed by atoms with Gasteiger partial charge in [0, 0.05) is 23.4 Å². The van der Waals surface area contributed by atoms with Crippen LogP contribution in [0, 0.1) is 0 Å². The van der Waals surface area contributed by atoms with Crippen molar-refractivity contribution in [1.29, 1.82) is 0 Å². The molecule has 7 heteroatoms. The first-order valence-electron chi connectivity index (χ1n) is 7.94. The van der Waals surface area contributed by atoms with E-state index in [1.807, 2.05) is 11.3 Å². The summed E-state index contributed by atoms with van der Waals surface area (Å²) in [6, 6.07) is 3.87. The number of benzene rings is 1. The molecular weight excluding hydrogens is 456 g/mol. The number of nitrogens with zero attached hydrogens (tertiary/aromatic N) is 1. The van der Waals surface area contributed by atoms with Crippen LogP contribution in [0.4, 0.5) is 0 Å². The minimum atomic E-state index is -0.0233. The number of aromatic hydroxyl groups is 2. The van der Waals surface area contributed by atoms with Crippen LogP contribution in [0.3, 0.4) is 0 Å². The highest BCUT2D eigenvalue weighted by Crippen LogP contribution is 2.46. The lowest BCUT2D eigenvalue weighted by atomic mass is 9.76. The number of aromatic nitrogens is 1. The molecule has 0 amide bonds. The minimum Gasteiger partial charge on any atom is -0.504 e. The second kappa shape index (κ2) is 7.72. The number of aryl methyl sites for hydroxylation is 2. The van der Waals surface area contributed by atoms with Gasteiger partial charge in [0.1, 0.15) is 0 Å². The highest BCUT2D eigenvalue weighted by atomic mass is 79.9. The predicted molar refractivity (Wildman–Crippen MR) is 107 cm³/mol. The second-order valence-corrected chi connectivity index (χ2v) is 7.33. The third-order valence-corrected chi connectivity index (χ3v) is 5.99. The van der Waals surface area contributed by atoms with Crippen LogP contribution in [0.5, 0.6) is 11.5 Å². The molecule has 2 aromatic rings. The van der Waals surface area contributed by atoms with Gasteiger partial charge < -0.3 is 15.5 Å². The van der Waals surface area contributed by atoms with Crippen LogP contribution in [-0.4, -0.2) is 21.2 Å². The molecule has 1 aromatic carbocycles. The molecule has 0 saturated carbocycles. The summed E-state index contributed by atoms with van der Waals surface area (Å²) in [5, 5.41) is 24.5. The van der Waals surface area contributed by atoms with Gasteiger partial charge in [0.05, 0.1) is 10.7 Å². The van der Waals surface area contributed by atoms with E-state index in [1.54, 1.807) is 12.1 Å². The smallest absolute Gasteiger partial charge is 0.157 e. The first-order valence-corrected chi connectivity index (χ1v) is 8.75. The van der Waals surface area contributed by atoms with Crippen molar-refractivity contribution in [3.63, 3.8) is 0 Å². The zero-order valence-corrected chi connectivity index (χ0v) is 17.7. The molecule has 4 rings (SSSR count). The van der Waals surface area contributed by atoms with Gasteiger partial charge in [-0.05, 0) is 48.9 Å². The molecule has 1 aromatic heterocycles. The van der Waals surface area contributed by atoms with Crippen molar-refractivity contribution in [3.05, 3.63) is 38.8 Å². The Labute approximate surface area is 166 Å². The van der Waals surface area contributed by atoms with Crippen LogP contribution in [-0.2, 0) is 19.4 Å².